The number of carbonyl (C=O) groups is 1. The van der Waals surface area contributed by atoms with Gasteiger partial charge >= 0.3 is 6.09 Å². The Bertz CT molecular complexity index is 617. The van der Waals surface area contributed by atoms with Crippen LogP contribution in [-0.2, 0) is 16.1 Å². The van der Waals surface area contributed by atoms with E-state index in [0.717, 1.165) is 18.1 Å². The first-order valence-electron chi connectivity index (χ1n) is 10.2. The van der Waals surface area contributed by atoms with Gasteiger partial charge in [0.25, 0.3) is 0 Å². The predicted molar refractivity (Wildman–Crippen MR) is 101 cm³/mol. The molecule has 3 fully saturated rings. The van der Waals surface area contributed by atoms with Gasteiger partial charge in [-0.3, -0.25) is 0 Å². The van der Waals surface area contributed by atoms with Gasteiger partial charge < -0.3 is 14.8 Å². The Kier molecular flexibility index (Phi) is 5.21. The van der Waals surface area contributed by atoms with E-state index in [4.69, 9.17) is 9.47 Å². The largest absolute Gasteiger partial charge is 0.445 e. The zero-order valence-electron chi connectivity index (χ0n) is 15.8. The smallest absolute Gasteiger partial charge is 0.407 e. The highest BCUT2D eigenvalue weighted by molar-refractivity contribution is 5.68. The van der Waals surface area contributed by atoms with Gasteiger partial charge in [0, 0.05) is 19.8 Å². The number of hydrogen-bond donors (Lipinski definition) is 1. The monoisotopic (exact) mass is 357 g/mol. The third kappa shape index (κ3) is 3.36. The molecule has 3 aliphatic carbocycles. The van der Waals surface area contributed by atoms with Crippen LogP contribution >= 0.6 is 0 Å². The molecule has 26 heavy (non-hydrogen) atoms. The van der Waals surface area contributed by atoms with Gasteiger partial charge in [0.15, 0.2) is 0 Å². The number of alkyl carbamates (subject to hydrolysis) is 1. The molecule has 0 aromatic heterocycles. The standard InChI is InChI=1S/C22H31NO3/c1-25-14-17-8-5-11-22(13-17)19-10-9-18(12-19)20(22)23-21(24)26-15-16-6-3-2-4-7-16/h2-4,6-7,17-20H,5,8-15H2,1H3,(H,23,24)/t17-,18+,19-,20+,22+/m0/s1. The van der Waals surface area contributed by atoms with Crippen LogP contribution in [0.25, 0.3) is 0 Å². The van der Waals surface area contributed by atoms with E-state index < -0.39 is 0 Å². The van der Waals surface area contributed by atoms with E-state index in [0.29, 0.717) is 18.4 Å². The van der Waals surface area contributed by atoms with E-state index in [9.17, 15) is 4.79 Å². The fourth-order valence-electron chi connectivity index (χ4n) is 6.21. The summed E-state index contributed by atoms with van der Waals surface area (Å²) in [5.41, 5.74) is 1.30. The van der Waals surface area contributed by atoms with Gasteiger partial charge in [-0.1, -0.05) is 36.8 Å². The second-order valence-electron chi connectivity index (χ2n) is 8.60. The molecule has 5 atom stereocenters. The van der Waals surface area contributed by atoms with E-state index in [-0.39, 0.29) is 17.6 Å². The second-order valence-corrected chi connectivity index (χ2v) is 8.60. The molecule has 0 aliphatic heterocycles. The van der Waals surface area contributed by atoms with Gasteiger partial charge in [0.05, 0.1) is 0 Å². The minimum absolute atomic E-state index is 0.250. The van der Waals surface area contributed by atoms with Crippen molar-refractivity contribution in [2.75, 3.05) is 13.7 Å². The van der Waals surface area contributed by atoms with Gasteiger partial charge in [-0.25, -0.2) is 4.79 Å². The Morgan fingerprint density at radius 1 is 1.23 bits per heavy atom. The molecule has 1 amide bonds. The average Bonchev–Trinajstić information content (AvgIpc) is 3.24. The molecular weight excluding hydrogens is 326 g/mol. The molecule has 1 spiro atoms. The Hall–Kier alpha value is -1.55. The molecule has 0 saturated heterocycles. The number of rotatable bonds is 5. The summed E-state index contributed by atoms with van der Waals surface area (Å²) in [6.07, 6.45) is 8.59. The van der Waals surface area contributed by atoms with Gasteiger partial charge in [-0.15, -0.1) is 0 Å². The third-order valence-electron chi connectivity index (χ3n) is 7.19. The van der Waals surface area contributed by atoms with Crippen molar-refractivity contribution in [3.05, 3.63) is 35.9 Å². The Labute approximate surface area is 156 Å². The number of benzene rings is 1. The van der Waals surface area contributed by atoms with Crippen molar-refractivity contribution in [2.45, 2.75) is 57.6 Å². The molecule has 4 rings (SSSR count). The number of methoxy groups -OCH3 is 1. The first-order valence-corrected chi connectivity index (χ1v) is 10.2. The number of ether oxygens (including phenoxy) is 2. The van der Waals surface area contributed by atoms with E-state index in [1.807, 2.05) is 30.3 Å². The molecule has 142 valence electrons. The molecule has 2 bridgehead atoms. The fraction of sp³-hybridized carbons (Fsp3) is 0.682. The van der Waals surface area contributed by atoms with E-state index in [1.165, 1.54) is 44.9 Å². The van der Waals surface area contributed by atoms with E-state index >= 15 is 0 Å². The molecule has 4 nitrogen and oxygen atoms in total. The van der Waals surface area contributed by atoms with Crippen LogP contribution in [0.2, 0.25) is 0 Å². The maximum Gasteiger partial charge on any atom is 0.407 e. The summed E-state index contributed by atoms with van der Waals surface area (Å²) in [5.74, 6) is 2.04. The molecule has 1 aromatic carbocycles. The maximum atomic E-state index is 12.5. The summed E-state index contributed by atoms with van der Waals surface area (Å²) < 4.78 is 11.0. The van der Waals surface area contributed by atoms with Crippen molar-refractivity contribution >= 4 is 6.09 Å². The molecule has 0 unspecified atom stereocenters. The quantitative estimate of drug-likeness (QED) is 0.842. The van der Waals surface area contributed by atoms with Crippen molar-refractivity contribution in [3.8, 4) is 0 Å². The van der Waals surface area contributed by atoms with Gasteiger partial charge in [0.1, 0.15) is 6.61 Å². The summed E-state index contributed by atoms with van der Waals surface area (Å²) in [7, 11) is 1.80. The number of amides is 1. The van der Waals surface area contributed by atoms with Crippen LogP contribution < -0.4 is 5.32 Å². The highest BCUT2D eigenvalue weighted by Gasteiger charge is 2.59. The zero-order valence-corrected chi connectivity index (χ0v) is 15.8. The summed E-state index contributed by atoms with van der Waals surface area (Å²) in [4.78, 5) is 12.5. The van der Waals surface area contributed by atoms with Crippen LogP contribution in [0.3, 0.4) is 0 Å². The highest BCUT2D eigenvalue weighted by atomic mass is 16.5. The minimum Gasteiger partial charge on any atom is -0.445 e. The lowest BCUT2D eigenvalue weighted by molar-refractivity contribution is 0.00745. The zero-order chi connectivity index (χ0) is 18.0. The van der Waals surface area contributed by atoms with Crippen molar-refractivity contribution in [1.82, 2.24) is 5.32 Å². The van der Waals surface area contributed by atoms with Crippen LogP contribution in [0, 0.1) is 23.2 Å². The highest BCUT2D eigenvalue weighted by Crippen LogP contribution is 2.62. The summed E-state index contributed by atoms with van der Waals surface area (Å²) >= 11 is 0. The molecular formula is C22H31NO3. The fourth-order valence-corrected chi connectivity index (χ4v) is 6.21. The van der Waals surface area contributed by atoms with Crippen molar-refractivity contribution in [1.29, 1.82) is 0 Å². The first kappa shape index (κ1) is 17.8. The SMILES string of the molecule is COC[C@H]1CCC[C@@]2(C1)[C@H]1CC[C@H](C1)[C@H]2NC(=O)OCc1ccccc1. The van der Waals surface area contributed by atoms with Crippen LogP contribution in [0.5, 0.6) is 0 Å². The van der Waals surface area contributed by atoms with Crippen molar-refractivity contribution in [2.24, 2.45) is 23.2 Å². The topological polar surface area (TPSA) is 47.6 Å². The number of carbonyl (C=O) groups excluding carboxylic acids is 1. The van der Waals surface area contributed by atoms with Gasteiger partial charge in [-0.05, 0) is 67.3 Å². The average molecular weight is 357 g/mol. The summed E-state index contributed by atoms with van der Waals surface area (Å²) in [6, 6.07) is 10.2. The van der Waals surface area contributed by atoms with Crippen LogP contribution in [0.1, 0.15) is 50.5 Å². The Balaban J connectivity index is 1.41. The maximum absolute atomic E-state index is 12.5. The molecule has 1 aromatic rings. The molecule has 0 radical (unpaired) electrons. The molecule has 1 N–H and O–H groups in total. The number of nitrogens with one attached hydrogen (secondary N) is 1. The normalized spacial score (nSPS) is 35.6. The van der Waals surface area contributed by atoms with Crippen molar-refractivity contribution < 1.29 is 14.3 Å². The van der Waals surface area contributed by atoms with Gasteiger partial charge in [-0.2, -0.15) is 0 Å². The minimum atomic E-state index is -0.250. The van der Waals surface area contributed by atoms with E-state index in [1.54, 1.807) is 7.11 Å². The molecule has 3 aliphatic rings. The second kappa shape index (κ2) is 7.59. The Morgan fingerprint density at radius 2 is 2.08 bits per heavy atom. The first-order chi connectivity index (χ1) is 12.7. The van der Waals surface area contributed by atoms with Crippen LogP contribution in [0.4, 0.5) is 4.79 Å². The summed E-state index contributed by atoms with van der Waals surface area (Å²) in [5, 5.41) is 3.30. The predicted octanol–water partition coefficient (Wildman–Crippen LogP) is 4.53. The lowest BCUT2D eigenvalue weighted by Gasteiger charge is -2.49. The number of hydrogen-bond acceptors (Lipinski definition) is 3. The molecule has 3 saturated carbocycles. The van der Waals surface area contributed by atoms with Crippen LogP contribution in [-0.4, -0.2) is 25.9 Å². The van der Waals surface area contributed by atoms with Crippen molar-refractivity contribution in [3.63, 3.8) is 0 Å². The summed E-state index contributed by atoms with van der Waals surface area (Å²) in [6.45, 7) is 1.19. The van der Waals surface area contributed by atoms with Crippen LogP contribution in [0.15, 0.2) is 30.3 Å². The van der Waals surface area contributed by atoms with Gasteiger partial charge in [0.2, 0.25) is 0 Å². The number of fused-ring (bicyclic) bond motifs is 3. The van der Waals surface area contributed by atoms with E-state index in [2.05, 4.69) is 5.32 Å². The lowest BCUT2D eigenvalue weighted by Crippen LogP contribution is -2.53. The Morgan fingerprint density at radius 3 is 2.88 bits per heavy atom. The molecule has 0 heterocycles. The third-order valence-corrected chi connectivity index (χ3v) is 7.19. The molecule has 4 heteroatoms. The lowest BCUT2D eigenvalue weighted by atomic mass is 9.59.